The van der Waals surface area contributed by atoms with Crippen LogP contribution in [0.1, 0.15) is 0 Å². The number of hydrogen-bond acceptors (Lipinski definition) is 1. The Morgan fingerprint density at radius 1 is 1.62 bits per heavy atom. The molecule has 1 nitrogen and oxygen atoms in total. The van der Waals surface area contributed by atoms with Crippen molar-refractivity contribution < 1.29 is 9.13 Å². The van der Waals surface area contributed by atoms with Crippen LogP contribution < -0.4 is 4.74 Å². The molecule has 0 aliphatic heterocycles. The first-order chi connectivity index (χ1) is 6.15. The number of benzene rings is 1. The van der Waals surface area contributed by atoms with E-state index >= 15 is 0 Å². The van der Waals surface area contributed by atoms with Crippen molar-refractivity contribution >= 4 is 27.5 Å². The molecule has 0 aliphatic rings. The van der Waals surface area contributed by atoms with Gasteiger partial charge in [0.1, 0.15) is 18.2 Å². The van der Waals surface area contributed by atoms with E-state index in [1.165, 1.54) is 12.1 Å². The molecule has 0 unspecified atom stereocenters. The van der Waals surface area contributed by atoms with Gasteiger partial charge in [0, 0.05) is 11.1 Å². The molecule has 0 amide bonds. The molecule has 13 heavy (non-hydrogen) atoms. The van der Waals surface area contributed by atoms with E-state index in [1.54, 1.807) is 0 Å². The highest BCUT2D eigenvalue weighted by Gasteiger charge is 2.08. The van der Waals surface area contributed by atoms with Gasteiger partial charge in [0.05, 0.1) is 4.47 Å². The van der Waals surface area contributed by atoms with Gasteiger partial charge in [-0.05, 0) is 22.0 Å². The Bertz CT molecular complexity index is 359. The zero-order valence-electron chi connectivity index (χ0n) is 6.48. The van der Waals surface area contributed by atoms with Crippen LogP contribution in [0.25, 0.3) is 0 Å². The third kappa shape index (κ3) is 2.61. The number of terminal acetylenes is 1. The minimum Gasteiger partial charge on any atom is -0.480 e. The number of halogens is 3. The molecule has 0 bridgehead atoms. The molecule has 1 aromatic rings. The summed E-state index contributed by atoms with van der Waals surface area (Å²) < 4.78 is 18.3. The zero-order chi connectivity index (χ0) is 9.84. The fraction of sp³-hybridized carbons (Fsp3) is 0.111. The summed E-state index contributed by atoms with van der Waals surface area (Å²) in [7, 11) is 0. The normalized spacial score (nSPS) is 9.38. The Kier molecular flexibility index (Phi) is 3.58. The quantitative estimate of drug-likeness (QED) is 0.588. The number of rotatable bonds is 2. The highest BCUT2D eigenvalue weighted by molar-refractivity contribution is 9.10. The molecule has 0 fully saturated rings. The average molecular weight is 263 g/mol. The Labute approximate surface area is 89.0 Å². The zero-order valence-corrected chi connectivity index (χ0v) is 8.82. The van der Waals surface area contributed by atoms with E-state index < -0.39 is 5.82 Å². The van der Waals surface area contributed by atoms with Crippen LogP contribution in [0.5, 0.6) is 5.75 Å². The van der Waals surface area contributed by atoms with Crippen LogP contribution in [0.15, 0.2) is 16.6 Å². The molecule has 1 rings (SSSR count). The van der Waals surface area contributed by atoms with Crippen molar-refractivity contribution in [2.75, 3.05) is 6.61 Å². The highest BCUT2D eigenvalue weighted by Crippen LogP contribution is 2.31. The number of hydrogen-bond donors (Lipinski definition) is 0. The third-order valence-corrected chi connectivity index (χ3v) is 2.26. The minimum absolute atomic E-state index is 0.0817. The van der Waals surface area contributed by atoms with Crippen LogP contribution in [-0.4, -0.2) is 6.61 Å². The van der Waals surface area contributed by atoms with E-state index in [-0.39, 0.29) is 16.1 Å². The molecule has 0 atom stereocenters. The lowest BCUT2D eigenvalue weighted by molar-refractivity contribution is 0.365. The summed E-state index contributed by atoms with van der Waals surface area (Å²) in [6.45, 7) is 0.0817. The van der Waals surface area contributed by atoms with E-state index in [2.05, 4.69) is 21.9 Å². The van der Waals surface area contributed by atoms with Crippen molar-refractivity contribution in [2.45, 2.75) is 0 Å². The van der Waals surface area contributed by atoms with Crippen molar-refractivity contribution in [3.05, 3.63) is 27.4 Å². The lowest BCUT2D eigenvalue weighted by atomic mass is 10.3. The molecule has 0 radical (unpaired) electrons. The maximum absolute atomic E-state index is 13.0. The third-order valence-electron chi connectivity index (χ3n) is 1.27. The first-order valence-corrected chi connectivity index (χ1v) is 4.53. The summed E-state index contributed by atoms with van der Waals surface area (Å²) in [5, 5.41) is 0.271. The van der Waals surface area contributed by atoms with E-state index in [1.807, 2.05) is 0 Å². The molecule has 68 valence electrons. The predicted octanol–water partition coefficient (Wildman–Crippen LogP) is 3.25. The molecule has 0 aliphatic carbocycles. The Balaban J connectivity index is 3.00. The van der Waals surface area contributed by atoms with Crippen molar-refractivity contribution in [1.29, 1.82) is 0 Å². The second-order valence-corrected chi connectivity index (χ2v) is 3.42. The fourth-order valence-corrected chi connectivity index (χ4v) is 1.30. The Morgan fingerprint density at radius 3 is 2.92 bits per heavy atom. The summed E-state index contributed by atoms with van der Waals surface area (Å²) in [6.07, 6.45) is 4.99. The van der Waals surface area contributed by atoms with Gasteiger partial charge >= 0.3 is 0 Å². The largest absolute Gasteiger partial charge is 0.480 e. The van der Waals surface area contributed by atoms with E-state index in [0.717, 1.165) is 0 Å². The molecule has 0 spiro atoms. The smallest absolute Gasteiger partial charge is 0.148 e. The van der Waals surface area contributed by atoms with Gasteiger partial charge in [-0.2, -0.15) is 0 Å². The van der Waals surface area contributed by atoms with Crippen LogP contribution >= 0.6 is 27.5 Å². The first kappa shape index (κ1) is 10.4. The van der Waals surface area contributed by atoms with Gasteiger partial charge < -0.3 is 4.74 Å². The van der Waals surface area contributed by atoms with Crippen molar-refractivity contribution in [3.8, 4) is 18.1 Å². The predicted molar refractivity (Wildman–Crippen MR) is 53.4 cm³/mol. The topological polar surface area (TPSA) is 9.23 Å². The molecule has 0 saturated heterocycles. The molecular formula is C9H5BrClFO. The molecule has 0 heterocycles. The van der Waals surface area contributed by atoms with Crippen molar-refractivity contribution in [2.24, 2.45) is 0 Å². The monoisotopic (exact) mass is 262 g/mol. The average Bonchev–Trinajstić information content (AvgIpc) is 2.09. The van der Waals surface area contributed by atoms with Gasteiger partial charge in [0.25, 0.3) is 0 Å². The van der Waals surface area contributed by atoms with Crippen LogP contribution in [0.2, 0.25) is 5.02 Å². The molecule has 0 N–H and O–H groups in total. The Hall–Kier alpha value is -0.720. The summed E-state index contributed by atoms with van der Waals surface area (Å²) in [5.41, 5.74) is 0. The van der Waals surface area contributed by atoms with E-state index in [4.69, 9.17) is 22.8 Å². The maximum Gasteiger partial charge on any atom is 0.148 e. The van der Waals surface area contributed by atoms with Crippen LogP contribution in [0, 0.1) is 18.2 Å². The van der Waals surface area contributed by atoms with Gasteiger partial charge in [-0.15, -0.1) is 6.42 Å². The highest BCUT2D eigenvalue weighted by atomic mass is 79.9. The van der Waals surface area contributed by atoms with Gasteiger partial charge in [0.15, 0.2) is 0 Å². The van der Waals surface area contributed by atoms with Gasteiger partial charge in [-0.1, -0.05) is 17.5 Å². The lowest BCUT2D eigenvalue weighted by Crippen LogP contribution is -1.95. The fourth-order valence-electron chi connectivity index (χ4n) is 0.757. The van der Waals surface area contributed by atoms with Gasteiger partial charge in [-0.3, -0.25) is 0 Å². The van der Waals surface area contributed by atoms with Crippen LogP contribution in [0.3, 0.4) is 0 Å². The summed E-state index contributed by atoms with van der Waals surface area (Å²) >= 11 is 8.63. The van der Waals surface area contributed by atoms with Crippen molar-refractivity contribution in [1.82, 2.24) is 0 Å². The standard InChI is InChI=1S/C9H5BrClFO/c1-2-3-13-8-5-6(11)4-7(12)9(8)10/h1,4-5H,3H2. The second-order valence-electron chi connectivity index (χ2n) is 2.19. The molecule has 0 aromatic heterocycles. The van der Waals surface area contributed by atoms with Crippen molar-refractivity contribution in [3.63, 3.8) is 0 Å². The summed E-state index contributed by atoms with van der Waals surface area (Å²) in [4.78, 5) is 0. The van der Waals surface area contributed by atoms with Gasteiger partial charge in [0.2, 0.25) is 0 Å². The lowest BCUT2D eigenvalue weighted by Gasteiger charge is -2.05. The molecular weight excluding hydrogens is 258 g/mol. The molecule has 0 saturated carbocycles. The van der Waals surface area contributed by atoms with E-state index in [9.17, 15) is 4.39 Å². The maximum atomic E-state index is 13.0. The Morgan fingerprint density at radius 2 is 2.31 bits per heavy atom. The summed E-state index contributed by atoms with van der Waals surface area (Å²) in [6, 6.07) is 2.68. The summed E-state index contributed by atoms with van der Waals surface area (Å²) in [5.74, 6) is 2.11. The molecule has 4 heteroatoms. The second kappa shape index (κ2) is 4.50. The van der Waals surface area contributed by atoms with Gasteiger partial charge in [-0.25, -0.2) is 4.39 Å². The first-order valence-electron chi connectivity index (χ1n) is 3.36. The molecule has 1 aromatic carbocycles. The van der Waals surface area contributed by atoms with E-state index in [0.29, 0.717) is 5.75 Å². The van der Waals surface area contributed by atoms with Crippen LogP contribution in [0.4, 0.5) is 4.39 Å². The number of ether oxygens (including phenoxy) is 1. The van der Waals surface area contributed by atoms with Crippen LogP contribution in [-0.2, 0) is 0 Å². The SMILES string of the molecule is C#CCOc1cc(Cl)cc(F)c1Br. The minimum atomic E-state index is -0.473.